The molecule has 0 aromatic rings. The smallest absolute Gasteiger partial charge is 0.0940 e. The molecule has 3 heterocycles. The SMILES string of the molecule is CC1(C)CCSCC1(O)C1CCOC2(CCOC2)C1. The van der Waals surface area contributed by atoms with Crippen LogP contribution in [0.15, 0.2) is 0 Å². The van der Waals surface area contributed by atoms with Gasteiger partial charge in [-0.3, -0.25) is 0 Å². The van der Waals surface area contributed by atoms with Crippen LogP contribution in [-0.2, 0) is 9.47 Å². The number of aliphatic hydroxyl groups is 1. The van der Waals surface area contributed by atoms with Crippen molar-refractivity contribution in [2.24, 2.45) is 11.3 Å². The van der Waals surface area contributed by atoms with Crippen LogP contribution in [0.2, 0.25) is 0 Å². The minimum atomic E-state index is -0.546. The molecule has 3 aliphatic heterocycles. The maximum atomic E-state index is 11.4. The Bertz CT molecular complexity index is 338. The summed E-state index contributed by atoms with van der Waals surface area (Å²) in [4.78, 5) is 0. The second kappa shape index (κ2) is 4.90. The standard InChI is InChI=1S/C15H26O3S/c1-13(2)5-8-19-11-15(13,16)12-3-6-18-14(9-12)4-7-17-10-14/h12,16H,3-11H2,1-2H3. The van der Waals surface area contributed by atoms with Crippen molar-refractivity contribution >= 4 is 11.8 Å². The highest BCUT2D eigenvalue weighted by atomic mass is 32.2. The van der Waals surface area contributed by atoms with Gasteiger partial charge in [-0.1, -0.05) is 13.8 Å². The molecule has 0 aromatic carbocycles. The summed E-state index contributed by atoms with van der Waals surface area (Å²) in [6.45, 7) is 6.77. The molecule has 3 atom stereocenters. The van der Waals surface area contributed by atoms with Gasteiger partial charge < -0.3 is 14.6 Å². The highest BCUT2D eigenvalue weighted by Gasteiger charge is 2.54. The third-order valence-electron chi connectivity index (χ3n) is 5.60. The van der Waals surface area contributed by atoms with E-state index in [1.54, 1.807) is 0 Å². The summed E-state index contributed by atoms with van der Waals surface area (Å²) in [5, 5.41) is 11.4. The molecule has 1 spiro atoms. The fraction of sp³-hybridized carbons (Fsp3) is 1.00. The lowest BCUT2D eigenvalue weighted by Crippen LogP contribution is -2.59. The average Bonchev–Trinajstić information content (AvgIpc) is 2.81. The molecule has 3 rings (SSSR count). The zero-order chi connectivity index (χ0) is 13.6. The van der Waals surface area contributed by atoms with E-state index in [0.29, 0.717) is 12.5 Å². The van der Waals surface area contributed by atoms with Gasteiger partial charge in [-0.15, -0.1) is 0 Å². The molecule has 0 radical (unpaired) electrons. The Morgan fingerprint density at radius 3 is 2.74 bits per heavy atom. The molecular weight excluding hydrogens is 260 g/mol. The third-order valence-corrected chi connectivity index (χ3v) is 6.74. The van der Waals surface area contributed by atoms with E-state index in [0.717, 1.165) is 44.6 Å². The first-order chi connectivity index (χ1) is 8.98. The first kappa shape index (κ1) is 14.2. The van der Waals surface area contributed by atoms with Gasteiger partial charge in [-0.05, 0) is 36.3 Å². The van der Waals surface area contributed by atoms with Gasteiger partial charge >= 0.3 is 0 Å². The summed E-state index contributed by atoms with van der Waals surface area (Å²) in [5.41, 5.74) is -0.632. The first-order valence-electron chi connectivity index (χ1n) is 7.49. The van der Waals surface area contributed by atoms with Crippen LogP contribution >= 0.6 is 11.8 Å². The lowest BCUT2D eigenvalue weighted by molar-refractivity contribution is -0.169. The average molecular weight is 286 g/mol. The van der Waals surface area contributed by atoms with Gasteiger partial charge in [-0.2, -0.15) is 11.8 Å². The summed E-state index contributed by atoms with van der Waals surface area (Å²) in [6.07, 6.45) is 4.05. The molecule has 0 amide bonds. The molecular formula is C15H26O3S. The molecule has 3 nitrogen and oxygen atoms in total. The number of hydrogen-bond donors (Lipinski definition) is 1. The highest BCUT2D eigenvalue weighted by molar-refractivity contribution is 7.99. The van der Waals surface area contributed by atoms with Gasteiger partial charge in [0.15, 0.2) is 0 Å². The molecule has 3 saturated heterocycles. The summed E-state index contributed by atoms with van der Waals surface area (Å²) in [5.74, 6) is 2.40. The van der Waals surface area contributed by atoms with Crippen molar-refractivity contribution in [3.63, 3.8) is 0 Å². The Morgan fingerprint density at radius 1 is 1.21 bits per heavy atom. The Balaban J connectivity index is 1.80. The van der Waals surface area contributed by atoms with Crippen LogP contribution in [0.25, 0.3) is 0 Å². The van der Waals surface area contributed by atoms with E-state index < -0.39 is 5.60 Å². The van der Waals surface area contributed by atoms with Crippen LogP contribution in [0.4, 0.5) is 0 Å². The maximum absolute atomic E-state index is 11.4. The van der Waals surface area contributed by atoms with E-state index in [1.807, 2.05) is 11.8 Å². The van der Waals surface area contributed by atoms with E-state index >= 15 is 0 Å². The topological polar surface area (TPSA) is 38.7 Å². The molecule has 0 bridgehead atoms. The largest absolute Gasteiger partial charge is 0.388 e. The molecule has 3 aliphatic rings. The Morgan fingerprint density at radius 2 is 2.05 bits per heavy atom. The van der Waals surface area contributed by atoms with Crippen LogP contribution in [0, 0.1) is 11.3 Å². The summed E-state index contributed by atoms with van der Waals surface area (Å²) in [6, 6.07) is 0. The van der Waals surface area contributed by atoms with Crippen molar-refractivity contribution in [2.45, 2.75) is 50.7 Å². The highest BCUT2D eigenvalue weighted by Crippen LogP contribution is 2.51. The van der Waals surface area contributed by atoms with Crippen LogP contribution in [0.1, 0.15) is 39.5 Å². The van der Waals surface area contributed by atoms with Crippen molar-refractivity contribution in [3.8, 4) is 0 Å². The van der Waals surface area contributed by atoms with Crippen molar-refractivity contribution in [2.75, 3.05) is 31.3 Å². The van der Waals surface area contributed by atoms with Crippen molar-refractivity contribution in [1.29, 1.82) is 0 Å². The molecule has 3 fully saturated rings. The van der Waals surface area contributed by atoms with E-state index in [-0.39, 0.29) is 11.0 Å². The molecule has 110 valence electrons. The predicted octanol–water partition coefficient (Wildman–Crippen LogP) is 2.47. The Hall–Kier alpha value is 0.230. The van der Waals surface area contributed by atoms with Gasteiger partial charge in [0.05, 0.1) is 17.8 Å². The van der Waals surface area contributed by atoms with Gasteiger partial charge in [0.2, 0.25) is 0 Å². The van der Waals surface area contributed by atoms with Gasteiger partial charge in [0, 0.05) is 25.4 Å². The zero-order valence-electron chi connectivity index (χ0n) is 12.1. The molecule has 0 aliphatic carbocycles. The van der Waals surface area contributed by atoms with Crippen molar-refractivity contribution in [1.82, 2.24) is 0 Å². The zero-order valence-corrected chi connectivity index (χ0v) is 12.9. The van der Waals surface area contributed by atoms with Crippen LogP contribution in [0.5, 0.6) is 0 Å². The molecule has 0 saturated carbocycles. The molecule has 1 N–H and O–H groups in total. The second-order valence-electron chi connectivity index (χ2n) is 7.13. The number of rotatable bonds is 1. The molecule has 0 aromatic heterocycles. The van der Waals surface area contributed by atoms with Crippen molar-refractivity contribution in [3.05, 3.63) is 0 Å². The maximum Gasteiger partial charge on any atom is 0.0940 e. The Labute approximate surface area is 120 Å². The fourth-order valence-electron chi connectivity index (χ4n) is 3.94. The lowest BCUT2D eigenvalue weighted by Gasteiger charge is -2.53. The normalized spacial score (nSPS) is 46.6. The van der Waals surface area contributed by atoms with E-state index in [1.165, 1.54) is 5.75 Å². The van der Waals surface area contributed by atoms with Gasteiger partial charge in [0.25, 0.3) is 0 Å². The third kappa shape index (κ3) is 2.35. The second-order valence-corrected chi connectivity index (χ2v) is 8.24. The van der Waals surface area contributed by atoms with E-state index in [9.17, 15) is 5.11 Å². The summed E-state index contributed by atoms with van der Waals surface area (Å²) < 4.78 is 11.6. The summed E-state index contributed by atoms with van der Waals surface area (Å²) in [7, 11) is 0. The van der Waals surface area contributed by atoms with Crippen LogP contribution in [-0.4, -0.2) is 47.6 Å². The molecule has 4 heteroatoms. The van der Waals surface area contributed by atoms with E-state index in [4.69, 9.17) is 9.47 Å². The minimum Gasteiger partial charge on any atom is -0.388 e. The number of ether oxygens (including phenoxy) is 2. The molecule has 19 heavy (non-hydrogen) atoms. The van der Waals surface area contributed by atoms with Gasteiger partial charge in [0.1, 0.15) is 0 Å². The monoisotopic (exact) mass is 286 g/mol. The minimum absolute atomic E-state index is 0.0148. The van der Waals surface area contributed by atoms with Crippen LogP contribution in [0.3, 0.4) is 0 Å². The van der Waals surface area contributed by atoms with E-state index in [2.05, 4.69) is 13.8 Å². The quantitative estimate of drug-likeness (QED) is 0.804. The van der Waals surface area contributed by atoms with Crippen LogP contribution < -0.4 is 0 Å². The Kier molecular flexibility index (Phi) is 3.66. The molecule has 3 unspecified atom stereocenters. The lowest BCUT2D eigenvalue weighted by atomic mass is 9.63. The number of hydrogen-bond acceptors (Lipinski definition) is 4. The van der Waals surface area contributed by atoms with Crippen molar-refractivity contribution < 1.29 is 14.6 Å². The first-order valence-corrected chi connectivity index (χ1v) is 8.65. The van der Waals surface area contributed by atoms with Gasteiger partial charge in [-0.25, -0.2) is 0 Å². The number of thioether (sulfide) groups is 1. The fourth-order valence-corrected chi connectivity index (χ4v) is 5.67. The summed E-state index contributed by atoms with van der Waals surface area (Å²) >= 11 is 1.91. The predicted molar refractivity (Wildman–Crippen MR) is 77.5 cm³/mol.